The highest BCUT2D eigenvalue weighted by Gasteiger charge is 2.32. The Balaban J connectivity index is 1.61. The molecule has 1 N–H and O–H groups in total. The summed E-state index contributed by atoms with van der Waals surface area (Å²) in [5.41, 5.74) is 0. The second-order valence-electron chi connectivity index (χ2n) is 6.11. The van der Waals surface area contributed by atoms with Crippen molar-refractivity contribution in [2.45, 2.75) is 49.5 Å². The van der Waals surface area contributed by atoms with Gasteiger partial charge in [-0.25, -0.2) is 0 Å². The van der Waals surface area contributed by atoms with E-state index in [9.17, 15) is 18.0 Å². The molecule has 2 fully saturated rings. The first-order valence-corrected chi connectivity index (χ1v) is 9.09. The summed E-state index contributed by atoms with van der Waals surface area (Å²) in [4.78, 5) is 13.8. The molecule has 10 heteroatoms. The Hall–Kier alpha value is -1.45. The molecule has 1 amide bonds. The number of hydrogen-bond donors (Lipinski definition) is 1. The lowest BCUT2D eigenvalue weighted by Crippen LogP contribution is -2.34. The summed E-state index contributed by atoms with van der Waals surface area (Å²) >= 11 is 1.14. The van der Waals surface area contributed by atoms with Crippen LogP contribution in [-0.2, 0) is 4.79 Å². The van der Waals surface area contributed by atoms with Crippen LogP contribution in [0, 0.1) is 0 Å². The Bertz CT molecular complexity index is 581. The van der Waals surface area contributed by atoms with E-state index in [1.807, 2.05) is 9.88 Å². The Labute approximate surface area is 142 Å². The number of alkyl halides is 3. The minimum absolute atomic E-state index is 0.0963. The average Bonchev–Trinajstić information content (AvgIpc) is 3.30. The topological polar surface area (TPSA) is 63.1 Å². The lowest BCUT2D eigenvalue weighted by atomic mass is 10.1. The second-order valence-corrected chi connectivity index (χ2v) is 7.05. The summed E-state index contributed by atoms with van der Waals surface area (Å²) in [7, 11) is 0. The van der Waals surface area contributed by atoms with Crippen LogP contribution in [0.3, 0.4) is 0 Å². The summed E-state index contributed by atoms with van der Waals surface area (Å²) in [6.45, 7) is 0.587. The fourth-order valence-electron chi connectivity index (χ4n) is 2.71. The molecular formula is C14H20F3N5OS. The molecule has 0 unspecified atom stereocenters. The van der Waals surface area contributed by atoms with Crippen LogP contribution in [0.15, 0.2) is 5.16 Å². The fourth-order valence-corrected chi connectivity index (χ4v) is 3.54. The van der Waals surface area contributed by atoms with Gasteiger partial charge in [0.15, 0.2) is 5.16 Å². The van der Waals surface area contributed by atoms with E-state index in [0.717, 1.165) is 56.5 Å². The molecule has 2 aliphatic rings. The van der Waals surface area contributed by atoms with Gasteiger partial charge in [-0.15, -0.1) is 10.2 Å². The van der Waals surface area contributed by atoms with E-state index in [4.69, 9.17) is 0 Å². The SMILES string of the molecule is O=C(CSc1nnc(N2CCCCC2)n1C1CC1)NCC(F)(F)F. The molecule has 1 aliphatic carbocycles. The molecular weight excluding hydrogens is 343 g/mol. The maximum Gasteiger partial charge on any atom is 0.405 e. The molecule has 24 heavy (non-hydrogen) atoms. The fraction of sp³-hybridized carbons (Fsp3) is 0.786. The number of halogens is 3. The van der Waals surface area contributed by atoms with E-state index in [2.05, 4.69) is 15.1 Å². The number of nitrogens with zero attached hydrogens (tertiary/aromatic N) is 4. The molecule has 0 aromatic carbocycles. The average molecular weight is 363 g/mol. The Morgan fingerprint density at radius 3 is 2.54 bits per heavy atom. The molecule has 1 saturated carbocycles. The van der Waals surface area contributed by atoms with Crippen LogP contribution in [0.4, 0.5) is 19.1 Å². The second kappa shape index (κ2) is 7.20. The van der Waals surface area contributed by atoms with Crippen molar-refractivity contribution in [1.29, 1.82) is 0 Å². The number of nitrogens with one attached hydrogen (secondary N) is 1. The van der Waals surface area contributed by atoms with Gasteiger partial charge in [0.25, 0.3) is 0 Å². The first-order chi connectivity index (χ1) is 11.4. The zero-order valence-electron chi connectivity index (χ0n) is 13.2. The molecule has 0 spiro atoms. The van der Waals surface area contributed by atoms with Gasteiger partial charge in [0.2, 0.25) is 11.9 Å². The van der Waals surface area contributed by atoms with Crippen LogP contribution in [0.2, 0.25) is 0 Å². The minimum atomic E-state index is -4.39. The van der Waals surface area contributed by atoms with Crippen molar-refractivity contribution in [3.8, 4) is 0 Å². The molecule has 6 nitrogen and oxygen atoms in total. The quantitative estimate of drug-likeness (QED) is 0.787. The van der Waals surface area contributed by atoms with Crippen LogP contribution >= 0.6 is 11.8 Å². The number of rotatable bonds is 6. The summed E-state index contributed by atoms with van der Waals surface area (Å²) in [5.74, 6) is 0.0820. The number of carbonyl (C=O) groups is 1. The predicted molar refractivity (Wildman–Crippen MR) is 84.1 cm³/mol. The van der Waals surface area contributed by atoms with Gasteiger partial charge >= 0.3 is 6.18 Å². The van der Waals surface area contributed by atoms with Crippen LogP contribution < -0.4 is 10.2 Å². The summed E-state index contributed by atoms with van der Waals surface area (Å²) in [6, 6.07) is 0.345. The third-order valence-corrected chi connectivity index (χ3v) is 4.96. The summed E-state index contributed by atoms with van der Waals surface area (Å²) < 4.78 is 38.4. The van der Waals surface area contributed by atoms with E-state index >= 15 is 0 Å². The van der Waals surface area contributed by atoms with Gasteiger partial charge in [-0.3, -0.25) is 9.36 Å². The maximum atomic E-state index is 12.1. The van der Waals surface area contributed by atoms with E-state index in [-0.39, 0.29) is 5.75 Å². The van der Waals surface area contributed by atoms with Crippen molar-refractivity contribution in [3.05, 3.63) is 0 Å². The van der Waals surface area contributed by atoms with Gasteiger partial charge in [-0.2, -0.15) is 13.2 Å². The third-order valence-electron chi connectivity index (χ3n) is 4.02. The van der Waals surface area contributed by atoms with E-state index in [0.29, 0.717) is 11.2 Å². The minimum Gasteiger partial charge on any atom is -0.346 e. The number of amides is 1. The van der Waals surface area contributed by atoms with Gasteiger partial charge in [0.1, 0.15) is 6.54 Å². The number of carbonyl (C=O) groups excluding carboxylic acids is 1. The number of piperidine rings is 1. The van der Waals surface area contributed by atoms with Gasteiger partial charge in [0, 0.05) is 19.1 Å². The zero-order valence-corrected chi connectivity index (χ0v) is 14.0. The van der Waals surface area contributed by atoms with Crippen molar-refractivity contribution in [3.63, 3.8) is 0 Å². The number of anilines is 1. The largest absolute Gasteiger partial charge is 0.405 e. The molecule has 2 heterocycles. The molecule has 0 atom stereocenters. The number of hydrogen-bond acceptors (Lipinski definition) is 5. The number of thioether (sulfide) groups is 1. The summed E-state index contributed by atoms with van der Waals surface area (Å²) in [5, 5.41) is 10.9. The molecule has 3 rings (SSSR count). The predicted octanol–water partition coefficient (Wildman–Crippen LogP) is 2.37. The van der Waals surface area contributed by atoms with Crippen molar-refractivity contribution in [2.24, 2.45) is 0 Å². The standard InChI is InChI=1S/C14H20F3N5OS/c15-14(16,17)9-18-11(23)8-24-13-20-19-12(22(13)10-4-5-10)21-6-2-1-3-7-21/h10H,1-9H2,(H,18,23). The van der Waals surface area contributed by atoms with E-state index in [1.165, 1.54) is 6.42 Å². The molecule has 0 bridgehead atoms. The van der Waals surface area contributed by atoms with Crippen LogP contribution in [0.1, 0.15) is 38.1 Å². The van der Waals surface area contributed by atoms with Gasteiger partial charge in [-0.1, -0.05) is 11.8 Å². The van der Waals surface area contributed by atoms with Gasteiger partial charge in [-0.05, 0) is 32.1 Å². The van der Waals surface area contributed by atoms with Gasteiger partial charge < -0.3 is 10.2 Å². The van der Waals surface area contributed by atoms with Crippen LogP contribution in [-0.4, -0.2) is 52.2 Å². The normalized spacial score (nSPS) is 18.7. The highest BCUT2D eigenvalue weighted by atomic mass is 32.2. The Morgan fingerprint density at radius 1 is 1.21 bits per heavy atom. The lowest BCUT2D eigenvalue weighted by molar-refractivity contribution is -0.136. The maximum absolute atomic E-state index is 12.1. The van der Waals surface area contributed by atoms with Crippen LogP contribution in [0.25, 0.3) is 0 Å². The van der Waals surface area contributed by atoms with E-state index in [1.54, 1.807) is 0 Å². The monoisotopic (exact) mass is 363 g/mol. The first-order valence-electron chi connectivity index (χ1n) is 8.10. The first kappa shape index (κ1) is 17.4. The zero-order chi connectivity index (χ0) is 17.2. The molecule has 1 aliphatic heterocycles. The lowest BCUT2D eigenvalue weighted by Gasteiger charge is -2.27. The smallest absolute Gasteiger partial charge is 0.346 e. The number of aromatic nitrogens is 3. The van der Waals surface area contributed by atoms with Crippen molar-refractivity contribution in [2.75, 3.05) is 30.3 Å². The molecule has 1 aromatic heterocycles. The highest BCUT2D eigenvalue weighted by molar-refractivity contribution is 7.99. The van der Waals surface area contributed by atoms with E-state index < -0.39 is 18.6 Å². The molecule has 1 saturated heterocycles. The van der Waals surface area contributed by atoms with Crippen LogP contribution in [0.5, 0.6) is 0 Å². The Morgan fingerprint density at radius 2 is 1.92 bits per heavy atom. The van der Waals surface area contributed by atoms with Crippen molar-refractivity contribution in [1.82, 2.24) is 20.1 Å². The van der Waals surface area contributed by atoms with Crippen molar-refractivity contribution < 1.29 is 18.0 Å². The Kier molecular flexibility index (Phi) is 5.21. The third kappa shape index (κ3) is 4.55. The molecule has 134 valence electrons. The summed E-state index contributed by atoms with van der Waals surface area (Å²) in [6.07, 6.45) is 1.17. The molecule has 0 radical (unpaired) electrons. The highest BCUT2D eigenvalue weighted by Crippen LogP contribution is 2.41. The van der Waals surface area contributed by atoms with Gasteiger partial charge in [0.05, 0.1) is 5.75 Å². The van der Waals surface area contributed by atoms with Crippen molar-refractivity contribution >= 4 is 23.6 Å². The molecule has 1 aromatic rings.